The molecule has 75 heavy (non-hydrogen) atoms. The molecule has 9 aromatic carbocycles. The lowest BCUT2D eigenvalue weighted by atomic mass is 9.67. The lowest BCUT2D eigenvalue weighted by Gasteiger charge is -2.34. The fourth-order valence-electron chi connectivity index (χ4n) is 12.5. The largest absolute Gasteiger partial charge is 0.247 e. The Hall–Kier alpha value is -9.31. The van der Waals surface area contributed by atoms with Crippen molar-refractivity contribution in [3.05, 3.63) is 304 Å². The van der Waals surface area contributed by atoms with Crippen LogP contribution in [-0.4, -0.2) is 15.0 Å². The zero-order chi connectivity index (χ0) is 50.0. The Morgan fingerprint density at radius 2 is 1.15 bits per heavy atom. The van der Waals surface area contributed by atoms with E-state index in [0.29, 0.717) is 5.92 Å². The standard InChI is InChI=1S/C72H51N3/c1-46-19-18-20-47(2)67(46)68(66-42-40-52-38-37-51-39-41-64(49-21-6-3-7-22-49)73-70(51)71(52)75-66)56-28-13-12-23-53(56)43-48-33-35-50(36-34-48)69-61-44-60-57-29-14-16-31-62(57)72(54-24-8-4-9-25-54,55-26-10-5-11-27-55)63(60)45-59(61)58-30-15-17-32-65(58)74-69/h3-19,21-45,47H,20H2,1-2H3/b53-43+,68-56-. The molecule has 354 valence electrons. The average Bonchev–Trinajstić information content (AvgIpc) is 3.86. The van der Waals surface area contributed by atoms with Gasteiger partial charge in [0.1, 0.15) is 0 Å². The Bertz CT molecular complexity index is 4400. The van der Waals surface area contributed by atoms with Gasteiger partial charge in [-0.15, -0.1) is 0 Å². The summed E-state index contributed by atoms with van der Waals surface area (Å²) in [4.78, 5) is 16.3. The van der Waals surface area contributed by atoms with Gasteiger partial charge in [-0.25, -0.2) is 15.0 Å². The Morgan fingerprint density at radius 1 is 0.507 bits per heavy atom. The molecular formula is C72H51N3. The van der Waals surface area contributed by atoms with E-state index in [2.05, 4.69) is 263 Å². The van der Waals surface area contributed by atoms with Gasteiger partial charge in [0.25, 0.3) is 0 Å². The molecule has 0 saturated heterocycles. The van der Waals surface area contributed by atoms with E-state index in [1.807, 2.05) is 6.07 Å². The molecule has 0 radical (unpaired) electrons. The monoisotopic (exact) mass is 957 g/mol. The summed E-state index contributed by atoms with van der Waals surface area (Å²) in [6.07, 6.45) is 7.88. The van der Waals surface area contributed by atoms with Gasteiger partial charge in [0.2, 0.25) is 0 Å². The van der Waals surface area contributed by atoms with Crippen LogP contribution in [0.1, 0.15) is 53.8 Å². The van der Waals surface area contributed by atoms with Crippen LogP contribution in [0.3, 0.4) is 0 Å². The smallest absolute Gasteiger partial charge is 0.0972 e. The molecule has 0 N–H and O–H groups in total. The van der Waals surface area contributed by atoms with Crippen LogP contribution in [0.15, 0.2) is 260 Å². The first-order valence-corrected chi connectivity index (χ1v) is 26.1. The molecule has 3 nitrogen and oxygen atoms in total. The summed E-state index contributed by atoms with van der Waals surface area (Å²) in [5.74, 6) is 0.303. The maximum absolute atomic E-state index is 5.59. The highest BCUT2D eigenvalue weighted by Crippen LogP contribution is 2.57. The van der Waals surface area contributed by atoms with E-state index in [-0.39, 0.29) is 0 Å². The van der Waals surface area contributed by atoms with Crippen molar-refractivity contribution in [2.75, 3.05) is 0 Å². The van der Waals surface area contributed by atoms with Gasteiger partial charge in [0.15, 0.2) is 0 Å². The summed E-state index contributed by atoms with van der Waals surface area (Å²) >= 11 is 0. The number of nitrogens with zero attached hydrogens (tertiary/aromatic N) is 3. The molecule has 2 aliphatic carbocycles. The van der Waals surface area contributed by atoms with Crippen molar-refractivity contribution in [3.63, 3.8) is 0 Å². The number of aromatic nitrogens is 3. The summed E-state index contributed by atoms with van der Waals surface area (Å²) in [6.45, 7) is 4.59. The van der Waals surface area contributed by atoms with Crippen LogP contribution < -0.4 is 10.4 Å². The van der Waals surface area contributed by atoms with E-state index >= 15 is 0 Å². The molecule has 1 unspecified atom stereocenters. The van der Waals surface area contributed by atoms with Crippen molar-refractivity contribution in [1.29, 1.82) is 0 Å². The number of rotatable bonds is 7. The maximum Gasteiger partial charge on any atom is 0.0972 e. The van der Waals surface area contributed by atoms with Gasteiger partial charge in [-0.2, -0.15) is 0 Å². The fraction of sp³-hybridized carbons (Fsp3) is 0.0694. The minimum absolute atomic E-state index is 0.303. The van der Waals surface area contributed by atoms with Crippen LogP contribution >= 0.6 is 0 Å². The first-order chi connectivity index (χ1) is 37.0. The number of hydrogen-bond acceptors (Lipinski definition) is 3. The Morgan fingerprint density at radius 3 is 1.91 bits per heavy atom. The third-order valence-electron chi connectivity index (χ3n) is 15.9. The van der Waals surface area contributed by atoms with Gasteiger partial charge in [-0.3, -0.25) is 0 Å². The van der Waals surface area contributed by atoms with Crippen LogP contribution in [0.5, 0.6) is 0 Å². The Kier molecular flexibility index (Phi) is 10.7. The molecule has 0 saturated carbocycles. The lowest BCUT2D eigenvalue weighted by molar-refractivity contribution is 0.698. The molecule has 0 aliphatic heterocycles. The SMILES string of the molecule is CC1=C(/C(c2ccc3ccc4ccc(-c5ccccc5)nc4c3n2)=c2/cccc/c2=C\c2ccc(-c3nc4ccccc4c4cc5c(cc34)-c3ccccc3C5(c3ccccc3)c3ccccc3)cc2)C(C)CC=C1. The van der Waals surface area contributed by atoms with E-state index in [9.17, 15) is 0 Å². The van der Waals surface area contributed by atoms with Crippen molar-refractivity contribution in [2.45, 2.75) is 25.7 Å². The Labute approximate surface area is 436 Å². The van der Waals surface area contributed by atoms with Gasteiger partial charge < -0.3 is 0 Å². The number of hydrogen-bond donors (Lipinski definition) is 0. The number of pyridine rings is 3. The molecule has 0 bridgehead atoms. The van der Waals surface area contributed by atoms with Crippen LogP contribution in [0.4, 0.5) is 0 Å². The van der Waals surface area contributed by atoms with Crippen molar-refractivity contribution in [3.8, 4) is 33.6 Å². The van der Waals surface area contributed by atoms with E-state index in [1.54, 1.807) is 0 Å². The molecule has 3 heteroatoms. The number of para-hydroxylation sites is 1. The van der Waals surface area contributed by atoms with Crippen LogP contribution in [-0.2, 0) is 5.41 Å². The van der Waals surface area contributed by atoms with Gasteiger partial charge in [0, 0.05) is 38.2 Å². The summed E-state index contributed by atoms with van der Waals surface area (Å²) in [6, 6.07) is 85.9. The lowest BCUT2D eigenvalue weighted by Crippen LogP contribution is -2.29. The van der Waals surface area contributed by atoms with Crippen molar-refractivity contribution < 1.29 is 0 Å². The molecule has 3 heterocycles. The molecule has 0 amide bonds. The highest BCUT2D eigenvalue weighted by Gasteiger charge is 2.46. The minimum atomic E-state index is -0.498. The summed E-state index contributed by atoms with van der Waals surface area (Å²) < 4.78 is 0. The van der Waals surface area contributed by atoms with E-state index in [4.69, 9.17) is 15.0 Å². The molecule has 3 aromatic heterocycles. The zero-order valence-electron chi connectivity index (χ0n) is 41.9. The summed E-state index contributed by atoms with van der Waals surface area (Å²) in [5, 5.41) is 7.92. The van der Waals surface area contributed by atoms with E-state index in [1.165, 1.54) is 49.9 Å². The molecule has 0 fully saturated rings. The van der Waals surface area contributed by atoms with Gasteiger partial charge >= 0.3 is 0 Å². The summed E-state index contributed by atoms with van der Waals surface area (Å²) in [7, 11) is 0. The Balaban J connectivity index is 0.943. The molecule has 0 spiro atoms. The predicted octanol–water partition coefficient (Wildman–Crippen LogP) is 16.1. The van der Waals surface area contributed by atoms with E-state index < -0.39 is 5.41 Å². The van der Waals surface area contributed by atoms with Crippen LogP contribution in [0, 0.1) is 5.92 Å². The first-order valence-electron chi connectivity index (χ1n) is 26.1. The molecular weight excluding hydrogens is 907 g/mol. The minimum Gasteiger partial charge on any atom is -0.247 e. The average molecular weight is 958 g/mol. The second-order valence-electron chi connectivity index (χ2n) is 20.3. The van der Waals surface area contributed by atoms with Gasteiger partial charge in [-0.05, 0) is 122 Å². The second-order valence-corrected chi connectivity index (χ2v) is 20.3. The molecule has 2 aliphatic rings. The molecule has 1 atom stereocenters. The first kappa shape index (κ1) is 44.4. The second kappa shape index (κ2) is 18.0. The van der Waals surface area contributed by atoms with Crippen molar-refractivity contribution in [2.24, 2.45) is 5.92 Å². The number of fused-ring (bicyclic) bond motifs is 9. The maximum atomic E-state index is 5.59. The highest BCUT2D eigenvalue weighted by molar-refractivity contribution is 6.13. The molecule has 14 rings (SSSR count). The predicted molar refractivity (Wildman–Crippen MR) is 312 cm³/mol. The van der Waals surface area contributed by atoms with Crippen LogP contribution in [0.25, 0.3) is 88.8 Å². The quantitative estimate of drug-likeness (QED) is 0.149. The molecule has 12 aromatic rings. The highest BCUT2D eigenvalue weighted by atomic mass is 14.8. The van der Waals surface area contributed by atoms with Gasteiger partial charge in [-0.1, -0.05) is 225 Å². The van der Waals surface area contributed by atoms with Crippen LogP contribution in [0.2, 0.25) is 0 Å². The van der Waals surface area contributed by atoms with E-state index in [0.717, 1.165) is 94.3 Å². The fourth-order valence-corrected chi connectivity index (χ4v) is 12.5. The topological polar surface area (TPSA) is 38.7 Å². The third-order valence-corrected chi connectivity index (χ3v) is 15.9. The van der Waals surface area contributed by atoms with Crippen molar-refractivity contribution >= 4 is 55.1 Å². The number of benzene rings is 9. The number of allylic oxidation sites excluding steroid dienone is 4. The zero-order valence-corrected chi connectivity index (χ0v) is 41.9. The van der Waals surface area contributed by atoms with Crippen molar-refractivity contribution in [1.82, 2.24) is 15.0 Å². The summed E-state index contributed by atoms with van der Waals surface area (Å²) in [5.41, 5.74) is 19.8. The van der Waals surface area contributed by atoms with Gasteiger partial charge in [0.05, 0.1) is 39.0 Å². The normalized spacial score (nSPS) is 15.4. The third kappa shape index (κ3) is 7.29.